The van der Waals surface area contributed by atoms with Crippen LogP contribution in [0, 0.1) is 13.8 Å². The molecule has 7 nitrogen and oxygen atoms in total. The highest BCUT2D eigenvalue weighted by Gasteiger charge is 2.18. The first-order chi connectivity index (χ1) is 27.7. The lowest BCUT2D eigenvalue weighted by molar-refractivity contribution is 0.396. The molecular weight excluding hydrogens is 711 g/mol. The summed E-state index contributed by atoms with van der Waals surface area (Å²) in [4.78, 5) is 29.1. The first-order valence-corrected chi connectivity index (χ1v) is 19.5. The molecular formula is C50H45NO6. The Bertz CT molecular complexity index is 2920. The summed E-state index contributed by atoms with van der Waals surface area (Å²) in [6.07, 6.45) is 2.09. The second kappa shape index (κ2) is 15.5. The topological polar surface area (TPSA) is 82.1 Å². The van der Waals surface area contributed by atoms with E-state index in [0.29, 0.717) is 39.2 Å². The summed E-state index contributed by atoms with van der Waals surface area (Å²) >= 11 is 0. The molecule has 0 saturated carbocycles. The Morgan fingerprint density at radius 1 is 0.544 bits per heavy atom. The summed E-state index contributed by atoms with van der Waals surface area (Å²) in [7, 11) is 3.14. The van der Waals surface area contributed by atoms with Gasteiger partial charge in [0.25, 0.3) is 0 Å². The molecule has 0 aliphatic heterocycles. The minimum Gasteiger partial charge on any atom is -0.496 e. The summed E-state index contributed by atoms with van der Waals surface area (Å²) in [5.74, 6) is 1.10. The molecule has 0 aliphatic rings. The molecule has 0 amide bonds. The number of rotatable bonds is 11. The molecule has 0 N–H and O–H groups in total. The molecule has 0 spiro atoms. The number of methoxy groups -OCH3 is 2. The van der Waals surface area contributed by atoms with Crippen LogP contribution < -0.4 is 25.6 Å². The first-order valence-electron chi connectivity index (χ1n) is 19.5. The van der Waals surface area contributed by atoms with Crippen LogP contribution in [-0.2, 0) is 0 Å². The van der Waals surface area contributed by atoms with Gasteiger partial charge in [0.2, 0.25) is 0 Å². The summed E-state index contributed by atoms with van der Waals surface area (Å²) < 4.78 is 22.7. The van der Waals surface area contributed by atoms with Crippen LogP contribution in [0.3, 0.4) is 0 Å². The molecule has 2 aromatic heterocycles. The van der Waals surface area contributed by atoms with Crippen LogP contribution in [0.2, 0.25) is 0 Å². The lowest BCUT2D eigenvalue weighted by Crippen LogP contribution is -2.24. The number of benzene rings is 6. The Labute approximate surface area is 331 Å². The average Bonchev–Trinajstić information content (AvgIpc) is 3.22. The highest BCUT2D eigenvalue weighted by Crippen LogP contribution is 2.41. The third kappa shape index (κ3) is 6.95. The number of anilines is 1. The maximum absolute atomic E-state index is 13.4. The van der Waals surface area contributed by atoms with E-state index >= 15 is 0 Å². The Morgan fingerprint density at radius 3 is 1.81 bits per heavy atom. The van der Waals surface area contributed by atoms with Gasteiger partial charge in [-0.05, 0) is 112 Å². The Morgan fingerprint density at radius 2 is 1.16 bits per heavy atom. The van der Waals surface area contributed by atoms with Crippen molar-refractivity contribution in [2.75, 3.05) is 32.2 Å². The smallest absolute Gasteiger partial charge is 0.344 e. The van der Waals surface area contributed by atoms with Crippen molar-refractivity contribution in [1.82, 2.24) is 0 Å². The Hall–Kier alpha value is -6.60. The van der Waals surface area contributed by atoms with Gasteiger partial charge in [0.05, 0.1) is 30.7 Å². The predicted molar refractivity (Wildman–Crippen MR) is 233 cm³/mol. The summed E-state index contributed by atoms with van der Waals surface area (Å²) in [6, 6.07) is 38.2. The molecule has 0 saturated heterocycles. The van der Waals surface area contributed by atoms with Gasteiger partial charge >= 0.3 is 11.3 Å². The molecule has 7 heteroatoms. The zero-order valence-electron chi connectivity index (χ0n) is 33.2. The van der Waals surface area contributed by atoms with Crippen molar-refractivity contribution in [3.8, 4) is 56.0 Å². The summed E-state index contributed by atoms with van der Waals surface area (Å²) in [6.45, 7) is 10.5. The van der Waals surface area contributed by atoms with Gasteiger partial charge in [0, 0.05) is 42.4 Å². The minimum absolute atomic E-state index is 0.352. The number of nitrogens with zero attached hydrogens (tertiary/aromatic N) is 1. The predicted octanol–water partition coefficient (Wildman–Crippen LogP) is 12.0. The number of ether oxygens (including phenoxy) is 2. The third-order valence-electron chi connectivity index (χ3n) is 10.9. The van der Waals surface area contributed by atoms with Crippen molar-refractivity contribution in [1.29, 1.82) is 0 Å². The van der Waals surface area contributed by atoms with Crippen molar-refractivity contribution in [3.63, 3.8) is 0 Å². The molecule has 57 heavy (non-hydrogen) atoms. The zero-order chi connectivity index (χ0) is 39.8. The van der Waals surface area contributed by atoms with E-state index in [0.717, 1.165) is 92.3 Å². The number of hydrogen-bond donors (Lipinski definition) is 0. The van der Waals surface area contributed by atoms with Crippen molar-refractivity contribution in [2.45, 2.75) is 40.5 Å². The van der Waals surface area contributed by atoms with Crippen molar-refractivity contribution < 1.29 is 18.3 Å². The summed E-state index contributed by atoms with van der Waals surface area (Å²) in [5.41, 5.74) is 10.3. The lowest BCUT2D eigenvalue weighted by atomic mass is 9.87. The van der Waals surface area contributed by atoms with Gasteiger partial charge in [-0.2, -0.15) is 0 Å². The zero-order valence-corrected chi connectivity index (χ0v) is 33.2. The van der Waals surface area contributed by atoms with E-state index in [2.05, 4.69) is 81.1 Å². The van der Waals surface area contributed by atoms with E-state index in [9.17, 15) is 9.59 Å². The van der Waals surface area contributed by atoms with E-state index < -0.39 is 5.63 Å². The molecule has 0 atom stereocenters. The second-order valence-electron chi connectivity index (χ2n) is 14.6. The van der Waals surface area contributed by atoms with E-state index in [1.54, 1.807) is 26.4 Å². The fraction of sp³-hybridized carbons (Fsp3) is 0.200. The monoisotopic (exact) mass is 755 g/mol. The molecule has 0 radical (unpaired) electrons. The van der Waals surface area contributed by atoms with Crippen molar-refractivity contribution in [2.24, 2.45) is 0 Å². The number of aryl methyl sites for hydroxylation is 2. The van der Waals surface area contributed by atoms with Gasteiger partial charge in [-0.15, -0.1) is 0 Å². The molecule has 286 valence electrons. The van der Waals surface area contributed by atoms with E-state index in [4.69, 9.17) is 18.3 Å². The second-order valence-corrected chi connectivity index (χ2v) is 14.6. The van der Waals surface area contributed by atoms with Gasteiger partial charge in [0.15, 0.2) is 0 Å². The van der Waals surface area contributed by atoms with Crippen LogP contribution in [0.4, 0.5) is 5.69 Å². The average molecular weight is 756 g/mol. The van der Waals surface area contributed by atoms with Crippen LogP contribution in [-0.4, -0.2) is 27.3 Å². The fourth-order valence-electron chi connectivity index (χ4n) is 8.11. The van der Waals surface area contributed by atoms with E-state index in [1.807, 2.05) is 54.6 Å². The molecule has 2 heterocycles. The number of hydrogen-bond acceptors (Lipinski definition) is 7. The van der Waals surface area contributed by atoms with Crippen LogP contribution in [0.15, 0.2) is 134 Å². The highest BCUT2D eigenvalue weighted by molar-refractivity contribution is 6.07. The van der Waals surface area contributed by atoms with Crippen molar-refractivity contribution >= 4 is 38.4 Å². The van der Waals surface area contributed by atoms with E-state index in [1.165, 1.54) is 0 Å². The molecule has 6 aromatic carbocycles. The molecule has 8 aromatic rings. The van der Waals surface area contributed by atoms with Crippen LogP contribution in [0.1, 0.15) is 37.8 Å². The quantitative estimate of drug-likeness (QED) is 0.122. The highest BCUT2D eigenvalue weighted by atomic mass is 16.5. The maximum Gasteiger partial charge on any atom is 0.344 e. The minimum atomic E-state index is -0.442. The Kier molecular flexibility index (Phi) is 10.2. The maximum atomic E-state index is 13.4. The van der Waals surface area contributed by atoms with Gasteiger partial charge in [-0.3, -0.25) is 0 Å². The molecule has 8 rings (SSSR count). The van der Waals surface area contributed by atoms with Gasteiger partial charge in [-0.25, -0.2) is 9.59 Å². The molecule has 0 aliphatic carbocycles. The number of fused-ring (bicyclic) bond motifs is 3. The van der Waals surface area contributed by atoms with Gasteiger partial charge in [-0.1, -0.05) is 80.6 Å². The van der Waals surface area contributed by atoms with E-state index in [-0.39, 0.29) is 5.63 Å². The molecule has 0 fully saturated rings. The van der Waals surface area contributed by atoms with Crippen molar-refractivity contribution in [3.05, 3.63) is 147 Å². The van der Waals surface area contributed by atoms with Gasteiger partial charge < -0.3 is 23.2 Å². The largest absolute Gasteiger partial charge is 0.496 e. The standard InChI is InChI=1S/C50H45NO6/c1-7-22-51(23-8-2)37-19-18-35-25-41(49(52)56-44(35)26-37)32-14-16-33(17-15-32)47-30(3)12-21-40-39(47)20-13-31(4)48(40)36-11-9-10-34(24-36)42-29-43-45(55-6)27-38(54-5)28-46(43)57-50(42)53/h9-21,24-29H,7-8,22-23H2,1-6H3. The van der Waals surface area contributed by atoms with Gasteiger partial charge in [0.1, 0.15) is 22.7 Å². The summed E-state index contributed by atoms with van der Waals surface area (Å²) in [5, 5.41) is 3.78. The Balaban J connectivity index is 1.16. The van der Waals surface area contributed by atoms with Crippen LogP contribution in [0.25, 0.3) is 77.2 Å². The normalized spacial score (nSPS) is 11.4. The molecule has 0 unspecified atom stereocenters. The fourth-order valence-corrected chi connectivity index (χ4v) is 8.11. The lowest BCUT2D eigenvalue weighted by Gasteiger charge is -2.23. The van der Waals surface area contributed by atoms with Crippen LogP contribution >= 0.6 is 0 Å². The molecule has 0 bridgehead atoms. The SMILES string of the molecule is CCCN(CCC)c1ccc2cc(-c3ccc(-c4c(C)ccc5c(-c6cccc(-c7cc8c(OC)cc(OC)cc8oc7=O)c6)c(C)ccc45)cc3)c(=O)oc2c1. The van der Waals surface area contributed by atoms with Crippen LogP contribution in [0.5, 0.6) is 11.5 Å². The third-order valence-corrected chi connectivity index (χ3v) is 10.9. The first kappa shape index (κ1) is 37.3.